The fourth-order valence-corrected chi connectivity index (χ4v) is 4.98. The number of allylic oxidation sites excluding steroid dienone is 2. The van der Waals surface area contributed by atoms with Gasteiger partial charge in [-0.2, -0.15) is 0 Å². The van der Waals surface area contributed by atoms with Gasteiger partial charge in [-0.05, 0) is 49.7 Å². The molecule has 0 amide bonds. The van der Waals surface area contributed by atoms with Crippen LogP contribution in [0.3, 0.4) is 0 Å². The first-order valence-corrected chi connectivity index (χ1v) is 10.5. The molecule has 0 aromatic heterocycles. The predicted octanol–water partition coefficient (Wildman–Crippen LogP) is 5.89. The van der Waals surface area contributed by atoms with Gasteiger partial charge >= 0.3 is 0 Å². The summed E-state index contributed by atoms with van der Waals surface area (Å²) in [5, 5.41) is 0. The fraction of sp³-hybridized carbons (Fsp3) is 0.440. The molecular formula is C25H31NO. The zero-order chi connectivity index (χ0) is 18.5. The summed E-state index contributed by atoms with van der Waals surface area (Å²) in [5.74, 6) is 0. The molecule has 1 heterocycles. The first-order valence-electron chi connectivity index (χ1n) is 10.5. The summed E-state index contributed by atoms with van der Waals surface area (Å²) < 4.78 is 6.36. The van der Waals surface area contributed by atoms with Gasteiger partial charge in [0.15, 0.2) is 0 Å². The van der Waals surface area contributed by atoms with Crippen LogP contribution in [0.2, 0.25) is 0 Å². The number of likely N-dealkylation sites (tertiary alicyclic amines) is 1. The normalized spacial score (nSPS) is 20.6. The van der Waals surface area contributed by atoms with Gasteiger partial charge in [0.05, 0.1) is 0 Å². The molecule has 1 aliphatic carbocycles. The first kappa shape index (κ1) is 18.3. The molecule has 1 atom stereocenters. The largest absolute Gasteiger partial charge is 0.372 e. The Kier molecular flexibility index (Phi) is 5.63. The lowest BCUT2D eigenvalue weighted by molar-refractivity contribution is -0.00186. The lowest BCUT2D eigenvalue weighted by Gasteiger charge is -2.40. The highest BCUT2D eigenvalue weighted by atomic mass is 16.5. The molecule has 27 heavy (non-hydrogen) atoms. The average Bonchev–Trinajstić information content (AvgIpc) is 3.22. The smallest absolute Gasteiger partial charge is 0.120 e. The fourth-order valence-electron chi connectivity index (χ4n) is 4.98. The molecule has 2 aromatic carbocycles. The van der Waals surface area contributed by atoms with Gasteiger partial charge in [-0.3, -0.25) is 0 Å². The van der Waals surface area contributed by atoms with Crippen molar-refractivity contribution in [2.45, 2.75) is 56.6 Å². The van der Waals surface area contributed by atoms with Gasteiger partial charge < -0.3 is 9.64 Å². The van der Waals surface area contributed by atoms with E-state index in [1.54, 1.807) is 5.70 Å². The standard InChI is InChI=1S/C25H31NO/c1-27-25(21-12-5-2-6-13-21,22-14-7-3-8-15-22)20-24-18-11-19-26(24)23-16-9-4-10-17-23/h2-3,5-8,12-16,24H,4,9-11,17-20H2,1H3/t24-/m0/s1. The molecule has 1 saturated heterocycles. The Morgan fingerprint density at radius 3 is 2.15 bits per heavy atom. The zero-order valence-electron chi connectivity index (χ0n) is 16.4. The predicted molar refractivity (Wildman–Crippen MR) is 112 cm³/mol. The number of hydrogen-bond acceptors (Lipinski definition) is 2. The van der Waals surface area contributed by atoms with E-state index in [2.05, 4.69) is 71.6 Å². The van der Waals surface area contributed by atoms with Gasteiger partial charge in [-0.25, -0.2) is 0 Å². The number of nitrogens with zero attached hydrogens (tertiary/aromatic N) is 1. The van der Waals surface area contributed by atoms with Crippen LogP contribution in [0.25, 0.3) is 0 Å². The second kappa shape index (κ2) is 8.31. The molecular weight excluding hydrogens is 330 g/mol. The van der Waals surface area contributed by atoms with Crippen molar-refractivity contribution >= 4 is 0 Å². The minimum atomic E-state index is -0.398. The van der Waals surface area contributed by atoms with E-state index in [1.807, 2.05) is 7.11 Å². The summed E-state index contributed by atoms with van der Waals surface area (Å²) in [5.41, 5.74) is 3.69. The summed E-state index contributed by atoms with van der Waals surface area (Å²) in [7, 11) is 1.87. The Morgan fingerprint density at radius 2 is 1.59 bits per heavy atom. The SMILES string of the molecule is COC(C[C@@H]1CCCN1C1=CCCCC1)(c1ccccc1)c1ccccc1. The molecule has 1 fully saturated rings. The summed E-state index contributed by atoms with van der Waals surface area (Å²) in [6, 6.07) is 22.1. The number of hydrogen-bond donors (Lipinski definition) is 0. The Morgan fingerprint density at radius 1 is 0.926 bits per heavy atom. The van der Waals surface area contributed by atoms with E-state index in [9.17, 15) is 0 Å². The van der Waals surface area contributed by atoms with Crippen LogP contribution >= 0.6 is 0 Å². The minimum absolute atomic E-state index is 0.398. The van der Waals surface area contributed by atoms with Crippen molar-refractivity contribution in [3.8, 4) is 0 Å². The molecule has 2 heteroatoms. The van der Waals surface area contributed by atoms with E-state index in [-0.39, 0.29) is 0 Å². The van der Waals surface area contributed by atoms with E-state index in [4.69, 9.17) is 4.74 Å². The average molecular weight is 362 g/mol. The van der Waals surface area contributed by atoms with Gasteiger partial charge in [0.2, 0.25) is 0 Å². The maximum atomic E-state index is 6.36. The van der Waals surface area contributed by atoms with Crippen LogP contribution in [0.4, 0.5) is 0 Å². The third-order valence-corrected chi connectivity index (χ3v) is 6.36. The van der Waals surface area contributed by atoms with Crippen LogP contribution in [0, 0.1) is 0 Å². The van der Waals surface area contributed by atoms with Crippen molar-refractivity contribution in [3.05, 3.63) is 83.6 Å². The summed E-state index contributed by atoms with van der Waals surface area (Å²) >= 11 is 0. The van der Waals surface area contributed by atoms with Crippen molar-refractivity contribution < 1.29 is 4.74 Å². The molecule has 0 radical (unpaired) electrons. The molecule has 4 rings (SSSR count). The van der Waals surface area contributed by atoms with Crippen LogP contribution in [0.5, 0.6) is 0 Å². The summed E-state index contributed by atoms with van der Waals surface area (Å²) in [6.45, 7) is 1.19. The second-order valence-corrected chi connectivity index (χ2v) is 7.90. The number of ether oxygens (including phenoxy) is 1. The van der Waals surface area contributed by atoms with Crippen molar-refractivity contribution in [2.24, 2.45) is 0 Å². The van der Waals surface area contributed by atoms with Gasteiger partial charge in [0.1, 0.15) is 5.60 Å². The topological polar surface area (TPSA) is 12.5 Å². The second-order valence-electron chi connectivity index (χ2n) is 7.90. The van der Waals surface area contributed by atoms with E-state index >= 15 is 0 Å². The van der Waals surface area contributed by atoms with E-state index in [0.29, 0.717) is 6.04 Å². The Balaban J connectivity index is 1.70. The molecule has 0 spiro atoms. The molecule has 142 valence electrons. The summed E-state index contributed by atoms with van der Waals surface area (Å²) in [4.78, 5) is 2.69. The van der Waals surface area contributed by atoms with E-state index in [0.717, 1.165) is 6.42 Å². The van der Waals surface area contributed by atoms with Crippen molar-refractivity contribution in [1.29, 1.82) is 0 Å². The molecule has 2 aliphatic rings. The Bertz CT molecular complexity index is 713. The van der Waals surface area contributed by atoms with Crippen LogP contribution in [-0.2, 0) is 10.3 Å². The third kappa shape index (κ3) is 3.68. The van der Waals surface area contributed by atoms with E-state index < -0.39 is 5.60 Å². The van der Waals surface area contributed by atoms with Gasteiger partial charge in [0, 0.05) is 31.8 Å². The van der Waals surface area contributed by atoms with Gasteiger partial charge in [0.25, 0.3) is 0 Å². The quantitative estimate of drug-likeness (QED) is 0.636. The van der Waals surface area contributed by atoms with Crippen molar-refractivity contribution in [3.63, 3.8) is 0 Å². The van der Waals surface area contributed by atoms with Crippen molar-refractivity contribution in [2.75, 3.05) is 13.7 Å². The summed E-state index contributed by atoms with van der Waals surface area (Å²) in [6.07, 6.45) is 11.2. The van der Waals surface area contributed by atoms with Crippen molar-refractivity contribution in [1.82, 2.24) is 4.90 Å². The molecule has 0 saturated carbocycles. The molecule has 1 aliphatic heterocycles. The number of benzene rings is 2. The first-order chi connectivity index (χ1) is 13.3. The van der Waals surface area contributed by atoms with Crippen LogP contribution in [0.1, 0.15) is 56.1 Å². The number of rotatable bonds is 6. The van der Waals surface area contributed by atoms with Gasteiger partial charge in [-0.15, -0.1) is 0 Å². The molecule has 0 N–H and O–H groups in total. The Labute approximate surface area is 163 Å². The maximum absolute atomic E-state index is 6.36. The van der Waals surface area contributed by atoms with E-state index in [1.165, 1.54) is 56.2 Å². The Hall–Kier alpha value is -2.06. The molecule has 2 nitrogen and oxygen atoms in total. The van der Waals surface area contributed by atoms with Gasteiger partial charge in [-0.1, -0.05) is 66.7 Å². The highest BCUT2D eigenvalue weighted by molar-refractivity contribution is 5.37. The number of methoxy groups -OCH3 is 1. The third-order valence-electron chi connectivity index (χ3n) is 6.36. The highest BCUT2D eigenvalue weighted by Gasteiger charge is 2.40. The molecule has 2 aromatic rings. The molecule has 0 unspecified atom stereocenters. The zero-order valence-corrected chi connectivity index (χ0v) is 16.4. The highest BCUT2D eigenvalue weighted by Crippen LogP contribution is 2.42. The maximum Gasteiger partial charge on any atom is 0.120 e. The molecule has 0 bridgehead atoms. The minimum Gasteiger partial charge on any atom is -0.372 e. The van der Waals surface area contributed by atoms with Crippen LogP contribution in [-0.4, -0.2) is 24.6 Å². The monoisotopic (exact) mass is 361 g/mol. The lowest BCUT2D eigenvalue weighted by Crippen LogP contribution is -2.39. The van der Waals surface area contributed by atoms with Crippen LogP contribution < -0.4 is 0 Å². The lowest BCUT2D eigenvalue weighted by atomic mass is 9.80. The van der Waals surface area contributed by atoms with Crippen LogP contribution in [0.15, 0.2) is 72.4 Å².